The number of nitrogens with zero attached hydrogens (tertiary/aromatic N) is 4. The maximum absolute atomic E-state index is 12.9. The fourth-order valence-corrected chi connectivity index (χ4v) is 2.82. The van der Waals surface area contributed by atoms with Crippen molar-refractivity contribution in [1.29, 1.82) is 5.26 Å². The molecule has 1 aliphatic carbocycles. The Morgan fingerprint density at radius 2 is 2.11 bits per heavy atom. The van der Waals surface area contributed by atoms with Crippen molar-refractivity contribution >= 4 is 0 Å². The molecule has 28 heavy (non-hydrogen) atoms. The maximum Gasteiger partial charge on any atom is 0.325 e. The van der Waals surface area contributed by atoms with Gasteiger partial charge < -0.3 is 4.98 Å². The maximum atomic E-state index is 12.9. The Balaban J connectivity index is 1.63. The summed E-state index contributed by atoms with van der Waals surface area (Å²) in [6.07, 6.45) is 3.07. The van der Waals surface area contributed by atoms with Gasteiger partial charge in [0.1, 0.15) is 23.3 Å². The highest BCUT2D eigenvalue weighted by molar-refractivity contribution is 5.59. The lowest BCUT2D eigenvalue weighted by Gasteiger charge is -2.04. The first-order valence-corrected chi connectivity index (χ1v) is 8.28. The number of pyridine rings is 1. The molecule has 0 aliphatic heterocycles. The number of nitrogens with one attached hydrogen (secondary N) is 2. The van der Waals surface area contributed by atoms with Gasteiger partial charge in [-0.1, -0.05) is 5.92 Å². The second kappa shape index (κ2) is 6.89. The minimum Gasteiger partial charge on any atom is -0.313 e. The molecular formula is C19H11FN6O2. The minimum atomic E-state index is -0.623. The molecule has 1 fully saturated rings. The summed E-state index contributed by atoms with van der Waals surface area (Å²) < 4.78 is 12.9. The van der Waals surface area contributed by atoms with Gasteiger partial charge >= 0.3 is 5.69 Å². The third-order valence-corrected chi connectivity index (χ3v) is 4.33. The van der Waals surface area contributed by atoms with Gasteiger partial charge in [-0.2, -0.15) is 5.26 Å². The van der Waals surface area contributed by atoms with E-state index in [-0.39, 0.29) is 28.8 Å². The molecule has 2 atom stereocenters. The predicted molar refractivity (Wildman–Crippen MR) is 95.3 cm³/mol. The van der Waals surface area contributed by atoms with E-state index in [0.717, 1.165) is 12.6 Å². The predicted octanol–water partition coefficient (Wildman–Crippen LogP) is 1.08. The molecule has 3 heterocycles. The van der Waals surface area contributed by atoms with Crippen molar-refractivity contribution in [1.82, 2.24) is 25.1 Å². The molecule has 3 aromatic rings. The van der Waals surface area contributed by atoms with Crippen LogP contribution in [0, 0.1) is 34.9 Å². The molecular weight excluding hydrogens is 363 g/mol. The minimum absolute atomic E-state index is 0.00938. The molecule has 8 nitrogen and oxygen atoms in total. The first kappa shape index (κ1) is 17.3. The summed E-state index contributed by atoms with van der Waals surface area (Å²) in [6, 6.07) is 6.40. The SMILES string of the molecule is N#Cc1nnc(-c2c[nH]c(=O)[nH]c2=O)cc1[C@H]1C[C@@H]1C#Cc1ccc(F)cn1. The van der Waals surface area contributed by atoms with Crippen molar-refractivity contribution in [3.63, 3.8) is 0 Å². The van der Waals surface area contributed by atoms with Crippen LogP contribution in [0.25, 0.3) is 11.3 Å². The van der Waals surface area contributed by atoms with Gasteiger partial charge in [-0.15, -0.1) is 10.2 Å². The van der Waals surface area contributed by atoms with E-state index in [4.69, 9.17) is 0 Å². The molecule has 0 radical (unpaired) electrons. The Morgan fingerprint density at radius 3 is 2.82 bits per heavy atom. The van der Waals surface area contributed by atoms with Crippen molar-refractivity contribution in [2.75, 3.05) is 0 Å². The Kier molecular flexibility index (Phi) is 4.26. The third kappa shape index (κ3) is 3.41. The highest BCUT2D eigenvalue weighted by atomic mass is 19.1. The topological polar surface area (TPSA) is 128 Å². The highest BCUT2D eigenvalue weighted by Gasteiger charge is 2.39. The molecule has 0 unspecified atom stereocenters. The van der Waals surface area contributed by atoms with Crippen LogP contribution in [-0.2, 0) is 0 Å². The van der Waals surface area contributed by atoms with Crippen LogP contribution in [-0.4, -0.2) is 25.1 Å². The van der Waals surface area contributed by atoms with Gasteiger partial charge in [-0.05, 0) is 36.1 Å². The van der Waals surface area contributed by atoms with Crippen LogP contribution in [0.4, 0.5) is 4.39 Å². The second-order valence-corrected chi connectivity index (χ2v) is 6.21. The van der Waals surface area contributed by atoms with Crippen molar-refractivity contribution in [3.8, 4) is 29.2 Å². The number of hydrogen-bond donors (Lipinski definition) is 2. The number of aromatic nitrogens is 5. The van der Waals surface area contributed by atoms with Gasteiger partial charge in [0.15, 0.2) is 5.69 Å². The highest BCUT2D eigenvalue weighted by Crippen LogP contribution is 2.48. The van der Waals surface area contributed by atoms with Crippen LogP contribution < -0.4 is 11.2 Å². The van der Waals surface area contributed by atoms with Crippen LogP contribution in [0.3, 0.4) is 0 Å². The van der Waals surface area contributed by atoms with Gasteiger partial charge in [-0.3, -0.25) is 9.78 Å². The Bertz CT molecular complexity index is 1280. The third-order valence-electron chi connectivity index (χ3n) is 4.33. The van der Waals surface area contributed by atoms with Gasteiger partial charge in [0.05, 0.1) is 11.8 Å². The van der Waals surface area contributed by atoms with E-state index < -0.39 is 17.1 Å². The smallest absolute Gasteiger partial charge is 0.313 e. The van der Waals surface area contributed by atoms with E-state index in [2.05, 4.69) is 37.0 Å². The number of aromatic amines is 2. The largest absolute Gasteiger partial charge is 0.325 e. The summed E-state index contributed by atoms with van der Waals surface area (Å²) in [6.45, 7) is 0. The summed E-state index contributed by atoms with van der Waals surface area (Å²) in [4.78, 5) is 31.6. The molecule has 9 heteroatoms. The monoisotopic (exact) mass is 374 g/mol. The summed E-state index contributed by atoms with van der Waals surface area (Å²) in [5, 5.41) is 17.1. The number of rotatable bonds is 2. The van der Waals surface area contributed by atoms with E-state index in [0.29, 0.717) is 11.3 Å². The fraction of sp³-hybridized carbons (Fsp3) is 0.158. The molecule has 0 amide bonds. The molecule has 1 saturated carbocycles. The van der Waals surface area contributed by atoms with Crippen molar-refractivity contribution in [2.45, 2.75) is 12.3 Å². The molecule has 136 valence electrons. The van der Waals surface area contributed by atoms with E-state index in [1.807, 2.05) is 6.07 Å². The Hall–Kier alpha value is -4.11. The molecule has 0 spiro atoms. The zero-order valence-corrected chi connectivity index (χ0v) is 14.2. The number of H-pyrrole nitrogens is 2. The molecule has 1 aliphatic rings. The Labute approximate surface area is 157 Å². The standard InChI is InChI=1S/C19H11FN6O2/c20-11-2-4-12(22-8-11)3-1-10-5-13(10)14-6-16(25-26-17(14)7-21)15-9-23-19(28)24-18(15)27/h2,4,6,8-10,13H,5H2,(H2,23,24,27,28)/t10-,13-/m0/s1. The van der Waals surface area contributed by atoms with Crippen LogP contribution >= 0.6 is 0 Å². The van der Waals surface area contributed by atoms with Crippen molar-refractivity contribution in [2.24, 2.45) is 5.92 Å². The van der Waals surface area contributed by atoms with Gasteiger partial charge in [-0.25, -0.2) is 14.2 Å². The number of halogens is 1. The first-order valence-electron chi connectivity index (χ1n) is 8.28. The molecule has 3 aromatic heterocycles. The normalized spacial score (nSPS) is 17.3. The van der Waals surface area contributed by atoms with E-state index >= 15 is 0 Å². The van der Waals surface area contributed by atoms with Crippen molar-refractivity contribution in [3.05, 3.63) is 74.2 Å². The summed E-state index contributed by atoms with van der Waals surface area (Å²) in [5.41, 5.74) is 0.455. The van der Waals surface area contributed by atoms with Gasteiger partial charge in [0, 0.05) is 18.0 Å². The molecule has 4 rings (SSSR count). The zero-order chi connectivity index (χ0) is 19.7. The summed E-state index contributed by atoms with van der Waals surface area (Å²) in [5.74, 6) is 5.49. The van der Waals surface area contributed by atoms with Crippen molar-refractivity contribution < 1.29 is 4.39 Å². The Morgan fingerprint density at radius 1 is 1.25 bits per heavy atom. The van der Waals surface area contributed by atoms with Gasteiger partial charge in [0.25, 0.3) is 5.56 Å². The lowest BCUT2D eigenvalue weighted by molar-refractivity contribution is 0.621. The van der Waals surface area contributed by atoms with E-state index in [9.17, 15) is 19.2 Å². The van der Waals surface area contributed by atoms with Gasteiger partial charge in [0.2, 0.25) is 0 Å². The molecule has 0 bridgehead atoms. The average Bonchev–Trinajstić information content (AvgIpc) is 3.47. The number of nitriles is 1. The molecule has 0 aromatic carbocycles. The van der Waals surface area contributed by atoms with E-state index in [1.165, 1.54) is 18.3 Å². The zero-order valence-electron chi connectivity index (χ0n) is 14.2. The van der Waals surface area contributed by atoms with E-state index in [1.54, 1.807) is 6.07 Å². The molecule has 0 saturated heterocycles. The average molecular weight is 374 g/mol. The van der Waals surface area contributed by atoms with Crippen LogP contribution in [0.5, 0.6) is 0 Å². The second-order valence-electron chi connectivity index (χ2n) is 6.21. The fourth-order valence-electron chi connectivity index (χ4n) is 2.82. The van der Waals surface area contributed by atoms with Crippen LogP contribution in [0.2, 0.25) is 0 Å². The van der Waals surface area contributed by atoms with Crippen LogP contribution in [0.15, 0.2) is 40.2 Å². The summed E-state index contributed by atoms with van der Waals surface area (Å²) >= 11 is 0. The lowest BCUT2D eigenvalue weighted by Crippen LogP contribution is -2.23. The molecule has 2 N–H and O–H groups in total. The number of hydrogen-bond acceptors (Lipinski definition) is 6. The lowest BCUT2D eigenvalue weighted by atomic mass is 10.1. The summed E-state index contributed by atoms with van der Waals surface area (Å²) in [7, 11) is 0. The van der Waals surface area contributed by atoms with Crippen LogP contribution in [0.1, 0.15) is 29.3 Å². The first-order chi connectivity index (χ1) is 13.5. The quantitative estimate of drug-likeness (QED) is 0.646.